The summed E-state index contributed by atoms with van der Waals surface area (Å²) >= 11 is 10.5. The summed E-state index contributed by atoms with van der Waals surface area (Å²) in [5.41, 5.74) is 6.77. The topological polar surface area (TPSA) is 39.2 Å². The van der Waals surface area contributed by atoms with E-state index in [0.717, 1.165) is 30.5 Å². The van der Waals surface area contributed by atoms with Crippen LogP contribution < -0.4 is 5.73 Å². The molecule has 0 aliphatic rings. The number of nitrogens with two attached hydrogens (primary N) is 1. The Hall–Kier alpha value is -0.100. The van der Waals surface area contributed by atoms with Crippen molar-refractivity contribution in [3.05, 3.63) is 43.4 Å². The first-order chi connectivity index (χ1) is 7.99. The first kappa shape index (κ1) is 13.3. The van der Waals surface area contributed by atoms with Gasteiger partial charge in [0.1, 0.15) is 11.5 Å². The third-order valence-electron chi connectivity index (χ3n) is 2.33. The summed E-state index contributed by atoms with van der Waals surface area (Å²) in [4.78, 5) is 0. The largest absolute Gasteiger partial charge is 0.459 e. The molecule has 0 amide bonds. The maximum absolute atomic E-state index is 5.78. The molecule has 5 heteroatoms. The molecule has 1 aromatic heterocycles. The second kappa shape index (κ2) is 5.26. The Morgan fingerprint density at radius 2 is 1.71 bits per heavy atom. The summed E-state index contributed by atoms with van der Waals surface area (Å²) < 4.78 is 8.66. The van der Waals surface area contributed by atoms with Gasteiger partial charge in [0.05, 0.1) is 6.04 Å². The summed E-state index contributed by atoms with van der Waals surface area (Å²) in [6, 6.07) is 7.69. The van der Waals surface area contributed by atoms with Gasteiger partial charge >= 0.3 is 0 Å². The van der Waals surface area contributed by atoms with Crippen LogP contribution in [0.3, 0.4) is 0 Å². The van der Waals surface area contributed by atoms with Crippen molar-refractivity contribution in [1.82, 2.24) is 0 Å². The maximum Gasteiger partial charge on any atom is 0.136 e. The molecule has 0 spiro atoms. The number of furan rings is 1. The molecule has 0 bridgehead atoms. The molecule has 2 N–H and O–H groups in total. The summed E-state index contributed by atoms with van der Waals surface area (Å²) in [6.07, 6.45) is 0. The lowest BCUT2D eigenvalue weighted by atomic mass is 10.2. The van der Waals surface area contributed by atoms with Crippen LogP contribution in [0, 0.1) is 0 Å². The summed E-state index contributed by atoms with van der Waals surface area (Å²) in [6.45, 7) is 1.90. The number of benzene rings is 1. The van der Waals surface area contributed by atoms with Gasteiger partial charge < -0.3 is 10.2 Å². The van der Waals surface area contributed by atoms with Crippen LogP contribution >= 0.6 is 47.8 Å². The van der Waals surface area contributed by atoms with Crippen molar-refractivity contribution in [2.45, 2.75) is 13.0 Å². The highest BCUT2D eigenvalue weighted by Gasteiger charge is 2.14. The van der Waals surface area contributed by atoms with Gasteiger partial charge in [-0.1, -0.05) is 15.9 Å². The molecular weight excluding hydrogens is 414 g/mol. The van der Waals surface area contributed by atoms with E-state index >= 15 is 0 Å². The van der Waals surface area contributed by atoms with Crippen LogP contribution in [0.4, 0.5) is 0 Å². The quantitative estimate of drug-likeness (QED) is 0.716. The maximum atomic E-state index is 5.78. The normalized spacial score (nSPS) is 12.8. The van der Waals surface area contributed by atoms with Crippen molar-refractivity contribution in [1.29, 1.82) is 0 Å². The van der Waals surface area contributed by atoms with E-state index in [0.29, 0.717) is 0 Å². The second-order valence-corrected chi connectivity index (χ2v) is 6.36. The summed E-state index contributed by atoms with van der Waals surface area (Å²) in [5.74, 6) is 1.57. The Bertz CT molecular complexity index is 525. The molecule has 0 saturated carbocycles. The highest BCUT2D eigenvalue weighted by molar-refractivity contribution is 9.11. The molecule has 1 unspecified atom stereocenters. The van der Waals surface area contributed by atoms with Crippen LogP contribution in [0.2, 0.25) is 0 Å². The molecule has 2 rings (SSSR count). The Balaban J connectivity index is 2.52. The van der Waals surface area contributed by atoms with Gasteiger partial charge in [0, 0.05) is 19.0 Å². The molecule has 0 aliphatic carbocycles. The van der Waals surface area contributed by atoms with Crippen LogP contribution in [0.15, 0.2) is 42.1 Å². The number of hydrogen-bond acceptors (Lipinski definition) is 2. The lowest BCUT2D eigenvalue weighted by molar-refractivity contribution is 0.490. The van der Waals surface area contributed by atoms with E-state index in [1.165, 1.54) is 0 Å². The average Bonchev–Trinajstić information content (AvgIpc) is 2.65. The zero-order valence-electron chi connectivity index (χ0n) is 9.01. The lowest BCUT2D eigenvalue weighted by Crippen LogP contribution is -2.02. The second-order valence-electron chi connectivity index (χ2n) is 3.74. The van der Waals surface area contributed by atoms with E-state index in [4.69, 9.17) is 10.2 Å². The highest BCUT2D eigenvalue weighted by Crippen LogP contribution is 2.38. The van der Waals surface area contributed by atoms with Crippen LogP contribution in [0.5, 0.6) is 0 Å². The zero-order valence-corrected chi connectivity index (χ0v) is 13.8. The minimum atomic E-state index is -0.100. The molecule has 0 saturated heterocycles. The van der Waals surface area contributed by atoms with Crippen molar-refractivity contribution < 1.29 is 4.42 Å². The molecule has 1 atom stereocenters. The van der Waals surface area contributed by atoms with Gasteiger partial charge in [0.2, 0.25) is 0 Å². The van der Waals surface area contributed by atoms with Gasteiger partial charge in [-0.05, 0) is 63.0 Å². The molecular formula is C12H10Br3NO. The fourth-order valence-corrected chi connectivity index (χ4v) is 4.16. The van der Waals surface area contributed by atoms with Crippen molar-refractivity contribution in [2.24, 2.45) is 5.73 Å². The molecule has 0 aliphatic heterocycles. The molecule has 17 heavy (non-hydrogen) atoms. The molecule has 2 nitrogen and oxygen atoms in total. The van der Waals surface area contributed by atoms with E-state index < -0.39 is 0 Å². The van der Waals surface area contributed by atoms with E-state index in [9.17, 15) is 0 Å². The van der Waals surface area contributed by atoms with E-state index in [2.05, 4.69) is 47.8 Å². The monoisotopic (exact) mass is 421 g/mol. The lowest BCUT2D eigenvalue weighted by Gasteiger charge is -2.06. The van der Waals surface area contributed by atoms with Gasteiger partial charge in [-0.3, -0.25) is 0 Å². The standard InChI is InChI=1S/C12H10Br3NO/c1-6(16)10-2-3-11(17-10)12-8(14)4-7(13)5-9(12)15/h2-6H,16H2,1H3. The van der Waals surface area contributed by atoms with Gasteiger partial charge in [-0.15, -0.1) is 0 Å². The third kappa shape index (κ3) is 2.84. The fourth-order valence-electron chi connectivity index (χ4n) is 1.51. The Morgan fingerprint density at radius 1 is 1.12 bits per heavy atom. The van der Waals surface area contributed by atoms with Crippen molar-refractivity contribution in [3.8, 4) is 11.3 Å². The van der Waals surface area contributed by atoms with E-state index in [1.54, 1.807) is 0 Å². The predicted octanol–water partition coefficient (Wildman–Crippen LogP) is 5.25. The number of hydrogen-bond donors (Lipinski definition) is 1. The molecule has 1 heterocycles. The van der Waals surface area contributed by atoms with E-state index in [-0.39, 0.29) is 6.04 Å². The van der Waals surface area contributed by atoms with E-state index in [1.807, 2.05) is 31.2 Å². The van der Waals surface area contributed by atoms with Gasteiger partial charge in [-0.2, -0.15) is 0 Å². The van der Waals surface area contributed by atoms with Gasteiger partial charge in [0.15, 0.2) is 0 Å². The third-order valence-corrected chi connectivity index (χ3v) is 4.04. The van der Waals surface area contributed by atoms with Crippen LogP contribution in [-0.4, -0.2) is 0 Å². The van der Waals surface area contributed by atoms with Crippen molar-refractivity contribution >= 4 is 47.8 Å². The van der Waals surface area contributed by atoms with Crippen LogP contribution in [0.25, 0.3) is 11.3 Å². The Kier molecular flexibility index (Phi) is 4.13. The molecule has 0 fully saturated rings. The number of halogens is 3. The van der Waals surface area contributed by atoms with Crippen molar-refractivity contribution in [2.75, 3.05) is 0 Å². The average molecular weight is 424 g/mol. The smallest absolute Gasteiger partial charge is 0.136 e. The van der Waals surface area contributed by atoms with Crippen molar-refractivity contribution in [3.63, 3.8) is 0 Å². The first-order valence-electron chi connectivity index (χ1n) is 4.99. The number of rotatable bonds is 2. The summed E-state index contributed by atoms with van der Waals surface area (Å²) in [5, 5.41) is 0. The minimum absolute atomic E-state index is 0.100. The molecule has 2 aromatic rings. The van der Waals surface area contributed by atoms with Crippen LogP contribution in [-0.2, 0) is 0 Å². The van der Waals surface area contributed by atoms with Gasteiger partial charge in [0.25, 0.3) is 0 Å². The Morgan fingerprint density at radius 3 is 2.18 bits per heavy atom. The SMILES string of the molecule is CC(N)c1ccc(-c2c(Br)cc(Br)cc2Br)o1. The molecule has 1 aromatic carbocycles. The highest BCUT2D eigenvalue weighted by atomic mass is 79.9. The summed E-state index contributed by atoms with van der Waals surface area (Å²) in [7, 11) is 0. The molecule has 90 valence electrons. The van der Waals surface area contributed by atoms with Crippen LogP contribution in [0.1, 0.15) is 18.7 Å². The van der Waals surface area contributed by atoms with Gasteiger partial charge in [-0.25, -0.2) is 0 Å². The Labute approximate surface area is 125 Å². The molecule has 0 radical (unpaired) electrons. The minimum Gasteiger partial charge on any atom is -0.459 e. The zero-order chi connectivity index (χ0) is 12.6. The fraction of sp³-hybridized carbons (Fsp3) is 0.167. The predicted molar refractivity (Wildman–Crippen MR) is 79.8 cm³/mol. The first-order valence-corrected chi connectivity index (χ1v) is 7.37.